The number of carbonyl (C=O) groups is 2. The average Bonchev–Trinajstić information content (AvgIpc) is 2.56. The van der Waals surface area contributed by atoms with Crippen LogP contribution in [0, 0.1) is 13.8 Å². The van der Waals surface area contributed by atoms with Gasteiger partial charge in [-0.2, -0.15) is 0 Å². The predicted octanol–water partition coefficient (Wildman–Crippen LogP) is 3.74. The molecule has 0 amide bonds. The summed E-state index contributed by atoms with van der Waals surface area (Å²) >= 11 is 0. The average molecular weight is 312 g/mol. The minimum absolute atomic E-state index is 0.218. The largest absolute Gasteiger partial charge is 0.497 e. The van der Waals surface area contributed by atoms with E-state index < -0.39 is 12.1 Å². The second-order valence-electron chi connectivity index (χ2n) is 5.44. The van der Waals surface area contributed by atoms with Gasteiger partial charge < -0.3 is 9.47 Å². The van der Waals surface area contributed by atoms with Gasteiger partial charge in [-0.1, -0.05) is 18.2 Å². The van der Waals surface area contributed by atoms with Crippen LogP contribution >= 0.6 is 0 Å². The summed E-state index contributed by atoms with van der Waals surface area (Å²) in [5.41, 5.74) is 3.04. The van der Waals surface area contributed by atoms with Crippen molar-refractivity contribution in [3.05, 3.63) is 64.7 Å². The smallest absolute Gasteiger partial charge is 0.338 e. The summed E-state index contributed by atoms with van der Waals surface area (Å²) in [6, 6.07) is 12.1. The predicted molar refractivity (Wildman–Crippen MR) is 88.1 cm³/mol. The van der Waals surface area contributed by atoms with Crippen LogP contribution in [-0.4, -0.2) is 25.0 Å². The van der Waals surface area contributed by atoms with Crippen LogP contribution in [0.25, 0.3) is 0 Å². The normalized spacial score (nSPS) is 11.7. The minimum atomic E-state index is -0.851. The molecule has 0 aliphatic heterocycles. The van der Waals surface area contributed by atoms with Gasteiger partial charge in [0.25, 0.3) is 0 Å². The van der Waals surface area contributed by atoms with E-state index in [-0.39, 0.29) is 5.78 Å². The number of rotatable bonds is 5. The first-order valence-corrected chi connectivity index (χ1v) is 7.39. The lowest BCUT2D eigenvalue weighted by atomic mass is 10.0. The van der Waals surface area contributed by atoms with Crippen molar-refractivity contribution in [2.24, 2.45) is 0 Å². The third-order valence-electron chi connectivity index (χ3n) is 3.75. The van der Waals surface area contributed by atoms with Gasteiger partial charge in [-0.3, -0.25) is 4.79 Å². The maximum Gasteiger partial charge on any atom is 0.338 e. The van der Waals surface area contributed by atoms with Crippen molar-refractivity contribution in [1.29, 1.82) is 0 Å². The Morgan fingerprint density at radius 2 is 1.70 bits per heavy atom. The molecule has 0 saturated heterocycles. The molecule has 2 aromatic rings. The molecule has 4 heteroatoms. The highest BCUT2D eigenvalue weighted by Crippen LogP contribution is 2.16. The highest BCUT2D eigenvalue weighted by molar-refractivity contribution is 6.01. The quantitative estimate of drug-likeness (QED) is 0.623. The summed E-state index contributed by atoms with van der Waals surface area (Å²) in [6.07, 6.45) is -0.851. The number of ether oxygens (including phenoxy) is 2. The fourth-order valence-electron chi connectivity index (χ4n) is 2.16. The molecule has 0 aromatic heterocycles. The van der Waals surface area contributed by atoms with Crippen LogP contribution in [-0.2, 0) is 4.74 Å². The molecule has 0 saturated carbocycles. The van der Waals surface area contributed by atoms with E-state index in [9.17, 15) is 9.59 Å². The molecular weight excluding hydrogens is 292 g/mol. The molecule has 0 unspecified atom stereocenters. The molecular formula is C19H20O4. The standard InChI is InChI=1S/C19H20O4/c1-12-8-9-15(10-13(12)2)18(20)14(3)23-19(21)16-6-5-7-17(11-16)22-4/h5-11,14H,1-4H3/t14-/m1/s1. The van der Waals surface area contributed by atoms with Crippen LogP contribution in [0.2, 0.25) is 0 Å². The lowest BCUT2D eigenvalue weighted by Gasteiger charge is -2.13. The maximum absolute atomic E-state index is 12.4. The first-order chi connectivity index (χ1) is 10.9. The highest BCUT2D eigenvalue weighted by atomic mass is 16.5. The fourth-order valence-corrected chi connectivity index (χ4v) is 2.16. The van der Waals surface area contributed by atoms with E-state index in [2.05, 4.69) is 0 Å². The van der Waals surface area contributed by atoms with Crippen LogP contribution in [0.4, 0.5) is 0 Å². The summed E-state index contributed by atoms with van der Waals surface area (Å²) in [6.45, 7) is 5.50. The number of hydrogen-bond acceptors (Lipinski definition) is 4. The van der Waals surface area contributed by atoms with Crippen LogP contribution in [0.1, 0.15) is 38.8 Å². The Morgan fingerprint density at radius 1 is 0.957 bits per heavy atom. The van der Waals surface area contributed by atoms with Gasteiger partial charge in [0.2, 0.25) is 5.78 Å². The Kier molecular flexibility index (Phi) is 5.16. The van der Waals surface area contributed by atoms with E-state index >= 15 is 0 Å². The van der Waals surface area contributed by atoms with Crippen molar-refractivity contribution >= 4 is 11.8 Å². The van der Waals surface area contributed by atoms with Crippen LogP contribution < -0.4 is 4.74 Å². The molecule has 2 aromatic carbocycles. The number of hydrogen-bond donors (Lipinski definition) is 0. The Balaban J connectivity index is 2.10. The van der Waals surface area contributed by atoms with Crippen molar-refractivity contribution in [3.8, 4) is 5.75 Å². The zero-order valence-corrected chi connectivity index (χ0v) is 13.8. The Bertz CT molecular complexity index is 734. The van der Waals surface area contributed by atoms with Crippen LogP contribution in [0.3, 0.4) is 0 Å². The topological polar surface area (TPSA) is 52.6 Å². The number of ketones is 1. The van der Waals surface area contributed by atoms with Gasteiger partial charge in [0.15, 0.2) is 6.10 Å². The molecule has 1 atom stereocenters. The second kappa shape index (κ2) is 7.09. The molecule has 120 valence electrons. The summed E-state index contributed by atoms with van der Waals surface area (Å²) < 4.78 is 10.4. The monoisotopic (exact) mass is 312 g/mol. The van der Waals surface area contributed by atoms with E-state index in [0.29, 0.717) is 16.9 Å². The number of methoxy groups -OCH3 is 1. The number of benzene rings is 2. The first-order valence-electron chi connectivity index (χ1n) is 7.39. The van der Waals surface area contributed by atoms with E-state index in [1.807, 2.05) is 26.0 Å². The molecule has 4 nitrogen and oxygen atoms in total. The van der Waals surface area contributed by atoms with Crippen molar-refractivity contribution < 1.29 is 19.1 Å². The molecule has 23 heavy (non-hydrogen) atoms. The van der Waals surface area contributed by atoms with Gasteiger partial charge in [-0.05, 0) is 56.2 Å². The fraction of sp³-hybridized carbons (Fsp3) is 0.263. The van der Waals surface area contributed by atoms with E-state index in [0.717, 1.165) is 11.1 Å². The SMILES string of the molecule is COc1cccc(C(=O)O[C@H](C)C(=O)c2ccc(C)c(C)c2)c1. The maximum atomic E-state index is 12.4. The van der Waals surface area contributed by atoms with Gasteiger partial charge in [-0.15, -0.1) is 0 Å². The lowest BCUT2D eigenvalue weighted by molar-refractivity contribution is 0.0318. The lowest BCUT2D eigenvalue weighted by Crippen LogP contribution is -2.24. The summed E-state index contributed by atoms with van der Waals surface area (Å²) in [5.74, 6) is -0.203. The van der Waals surface area contributed by atoms with Crippen molar-refractivity contribution in [2.45, 2.75) is 26.9 Å². The first kappa shape index (κ1) is 16.7. The molecule has 0 spiro atoms. The molecule has 0 N–H and O–H groups in total. The summed E-state index contributed by atoms with van der Waals surface area (Å²) in [5, 5.41) is 0. The molecule has 0 heterocycles. The minimum Gasteiger partial charge on any atom is -0.497 e. The number of carbonyl (C=O) groups excluding carboxylic acids is 2. The third-order valence-corrected chi connectivity index (χ3v) is 3.75. The van der Waals surface area contributed by atoms with Gasteiger partial charge in [0.05, 0.1) is 12.7 Å². The van der Waals surface area contributed by atoms with Crippen molar-refractivity contribution in [3.63, 3.8) is 0 Å². The second-order valence-corrected chi connectivity index (χ2v) is 5.44. The van der Waals surface area contributed by atoms with Gasteiger partial charge in [0.1, 0.15) is 5.75 Å². The van der Waals surface area contributed by atoms with Gasteiger partial charge in [-0.25, -0.2) is 4.79 Å². The van der Waals surface area contributed by atoms with E-state index in [1.54, 1.807) is 37.3 Å². The molecule has 0 aliphatic carbocycles. The Hall–Kier alpha value is -2.62. The third kappa shape index (κ3) is 3.97. The molecule has 0 radical (unpaired) electrons. The summed E-state index contributed by atoms with van der Waals surface area (Å²) in [4.78, 5) is 24.5. The van der Waals surface area contributed by atoms with E-state index in [4.69, 9.17) is 9.47 Å². The molecule has 0 bridgehead atoms. The number of aryl methyl sites for hydroxylation is 2. The highest BCUT2D eigenvalue weighted by Gasteiger charge is 2.21. The summed E-state index contributed by atoms with van der Waals surface area (Å²) in [7, 11) is 1.52. The van der Waals surface area contributed by atoms with E-state index in [1.165, 1.54) is 7.11 Å². The van der Waals surface area contributed by atoms with Gasteiger partial charge >= 0.3 is 5.97 Å². The molecule has 0 aliphatic rings. The van der Waals surface area contributed by atoms with Crippen LogP contribution in [0.5, 0.6) is 5.75 Å². The Labute approximate surface area is 136 Å². The Morgan fingerprint density at radius 3 is 2.35 bits per heavy atom. The number of Topliss-reactive ketones (excluding diaryl/α,β-unsaturated/α-hetero) is 1. The molecule has 0 fully saturated rings. The van der Waals surface area contributed by atoms with Gasteiger partial charge in [0, 0.05) is 5.56 Å². The van der Waals surface area contributed by atoms with Crippen molar-refractivity contribution in [2.75, 3.05) is 7.11 Å². The number of esters is 1. The molecule has 2 rings (SSSR count). The van der Waals surface area contributed by atoms with Crippen LogP contribution in [0.15, 0.2) is 42.5 Å². The van der Waals surface area contributed by atoms with Crippen molar-refractivity contribution in [1.82, 2.24) is 0 Å². The zero-order chi connectivity index (χ0) is 17.0. The zero-order valence-electron chi connectivity index (χ0n) is 13.8.